The maximum Gasteiger partial charge on any atom is 0.187 e. The Morgan fingerprint density at radius 2 is 1.80 bits per heavy atom. The smallest absolute Gasteiger partial charge is 0.187 e. The van der Waals surface area contributed by atoms with Crippen molar-refractivity contribution < 1.29 is 9.18 Å². The highest BCUT2D eigenvalue weighted by Crippen LogP contribution is 2.25. The number of allylic oxidation sites excluding steroid dienone is 1. The number of hydrogen-bond donors (Lipinski definition) is 0. The number of benzene rings is 2. The lowest BCUT2D eigenvalue weighted by Gasteiger charge is -2.02. The summed E-state index contributed by atoms with van der Waals surface area (Å²) in [7, 11) is 0. The Balaban J connectivity index is 2.27. The molecule has 0 aliphatic heterocycles. The topological polar surface area (TPSA) is 17.1 Å². The molecule has 0 atom stereocenters. The summed E-state index contributed by atoms with van der Waals surface area (Å²) in [5, 5.41) is 0.553. The fourth-order valence-corrected chi connectivity index (χ4v) is 2.26. The van der Waals surface area contributed by atoms with Crippen molar-refractivity contribution in [1.82, 2.24) is 0 Å². The van der Waals surface area contributed by atoms with Crippen LogP contribution in [0.1, 0.15) is 15.9 Å². The zero-order valence-electron chi connectivity index (χ0n) is 10.0. The number of carbonyl (C=O) groups is 1. The monoisotopic (exact) mass is 328 g/mol. The van der Waals surface area contributed by atoms with Gasteiger partial charge in [-0.1, -0.05) is 53.0 Å². The van der Waals surface area contributed by atoms with Crippen LogP contribution >= 0.6 is 34.8 Å². The molecule has 1 nitrogen and oxygen atoms in total. The molecular formula is C15H8Cl3FO. The highest BCUT2D eigenvalue weighted by Gasteiger charge is 2.11. The quantitative estimate of drug-likeness (QED) is 0.402. The van der Waals surface area contributed by atoms with Gasteiger partial charge in [-0.25, -0.2) is 4.39 Å². The molecule has 2 aromatic carbocycles. The van der Waals surface area contributed by atoms with Crippen molar-refractivity contribution in [2.75, 3.05) is 0 Å². The van der Waals surface area contributed by atoms with E-state index in [-0.39, 0.29) is 15.6 Å². The van der Waals surface area contributed by atoms with Crippen molar-refractivity contribution in [2.24, 2.45) is 0 Å². The van der Waals surface area contributed by atoms with Gasteiger partial charge in [0, 0.05) is 10.6 Å². The minimum Gasteiger partial charge on any atom is -0.289 e. The summed E-state index contributed by atoms with van der Waals surface area (Å²) >= 11 is 17.3. The van der Waals surface area contributed by atoms with E-state index in [1.165, 1.54) is 12.1 Å². The van der Waals surface area contributed by atoms with E-state index in [0.29, 0.717) is 5.02 Å². The average Bonchev–Trinajstić information content (AvgIpc) is 2.40. The van der Waals surface area contributed by atoms with Gasteiger partial charge in [0.2, 0.25) is 0 Å². The van der Waals surface area contributed by atoms with Gasteiger partial charge in [0.25, 0.3) is 0 Å². The van der Waals surface area contributed by atoms with E-state index in [9.17, 15) is 9.18 Å². The SMILES string of the molecule is O=C(/C=C/c1cccc(Cl)c1)c1cc(F)c(Cl)cc1Cl. The van der Waals surface area contributed by atoms with Crippen LogP contribution < -0.4 is 0 Å². The van der Waals surface area contributed by atoms with Crippen LogP contribution in [0.5, 0.6) is 0 Å². The lowest BCUT2D eigenvalue weighted by atomic mass is 10.1. The largest absolute Gasteiger partial charge is 0.289 e. The molecule has 0 unspecified atom stereocenters. The summed E-state index contributed by atoms with van der Waals surface area (Å²) in [5.41, 5.74) is 0.822. The van der Waals surface area contributed by atoms with Crippen LogP contribution in [-0.4, -0.2) is 5.78 Å². The van der Waals surface area contributed by atoms with Crippen molar-refractivity contribution in [3.05, 3.63) is 74.5 Å². The molecule has 0 N–H and O–H groups in total. The summed E-state index contributed by atoms with van der Waals surface area (Å²) in [5.74, 6) is -1.10. The Kier molecular flexibility index (Phi) is 4.81. The first-order chi connectivity index (χ1) is 9.47. The second kappa shape index (κ2) is 6.40. The maximum absolute atomic E-state index is 13.4. The lowest BCUT2D eigenvalue weighted by molar-refractivity contribution is 0.104. The molecular weight excluding hydrogens is 322 g/mol. The molecule has 0 fully saturated rings. The third-order valence-corrected chi connectivity index (χ3v) is 3.39. The summed E-state index contributed by atoms with van der Waals surface area (Å²) in [6.45, 7) is 0. The van der Waals surface area contributed by atoms with Crippen molar-refractivity contribution in [3.63, 3.8) is 0 Å². The molecule has 0 aliphatic rings. The number of hydrogen-bond acceptors (Lipinski definition) is 1. The lowest BCUT2D eigenvalue weighted by Crippen LogP contribution is -1.97. The highest BCUT2D eigenvalue weighted by molar-refractivity contribution is 6.37. The molecule has 5 heteroatoms. The van der Waals surface area contributed by atoms with Crippen LogP contribution in [0.4, 0.5) is 4.39 Å². The third-order valence-electron chi connectivity index (χ3n) is 2.55. The first-order valence-electron chi connectivity index (χ1n) is 5.60. The molecule has 0 saturated carbocycles. The first kappa shape index (κ1) is 15.0. The van der Waals surface area contributed by atoms with Crippen LogP contribution in [-0.2, 0) is 0 Å². The number of halogens is 4. The minimum atomic E-state index is -0.685. The van der Waals surface area contributed by atoms with E-state index >= 15 is 0 Å². The molecule has 0 radical (unpaired) electrons. The van der Waals surface area contributed by atoms with E-state index in [1.807, 2.05) is 0 Å². The van der Waals surface area contributed by atoms with Gasteiger partial charge in [0.1, 0.15) is 5.82 Å². The Hall–Kier alpha value is -1.35. The van der Waals surface area contributed by atoms with E-state index in [0.717, 1.165) is 11.6 Å². The Labute approximate surface area is 130 Å². The van der Waals surface area contributed by atoms with Crippen LogP contribution in [0.2, 0.25) is 15.1 Å². The zero-order valence-corrected chi connectivity index (χ0v) is 12.3. The normalized spacial score (nSPS) is 11.0. The standard InChI is InChI=1S/C15H8Cl3FO/c16-10-3-1-2-9(6-10)4-5-15(20)11-7-14(19)13(18)8-12(11)17/h1-8H/b5-4+. The van der Waals surface area contributed by atoms with Crippen LogP contribution in [0.25, 0.3) is 6.08 Å². The molecule has 0 aliphatic carbocycles. The van der Waals surface area contributed by atoms with Gasteiger partial charge >= 0.3 is 0 Å². The van der Waals surface area contributed by atoms with E-state index < -0.39 is 11.6 Å². The summed E-state index contributed by atoms with van der Waals surface area (Å²) in [6.07, 6.45) is 2.89. The minimum absolute atomic E-state index is 0.0619. The maximum atomic E-state index is 13.4. The van der Waals surface area contributed by atoms with Gasteiger partial charge in [0.15, 0.2) is 5.78 Å². The number of ketones is 1. The molecule has 20 heavy (non-hydrogen) atoms. The summed E-state index contributed by atoms with van der Waals surface area (Å²) < 4.78 is 13.4. The Morgan fingerprint density at radius 3 is 2.50 bits per heavy atom. The highest BCUT2D eigenvalue weighted by atomic mass is 35.5. The van der Waals surface area contributed by atoms with E-state index in [4.69, 9.17) is 34.8 Å². The molecule has 2 aromatic rings. The van der Waals surface area contributed by atoms with Gasteiger partial charge in [0.05, 0.1) is 10.0 Å². The third kappa shape index (κ3) is 3.60. The molecule has 0 spiro atoms. The van der Waals surface area contributed by atoms with Gasteiger partial charge in [-0.3, -0.25) is 4.79 Å². The Bertz CT molecular complexity index is 696. The molecule has 102 valence electrons. The fraction of sp³-hybridized carbons (Fsp3) is 0. The van der Waals surface area contributed by atoms with Crippen molar-refractivity contribution in [3.8, 4) is 0 Å². The molecule has 0 heterocycles. The van der Waals surface area contributed by atoms with E-state index in [2.05, 4.69) is 0 Å². The predicted octanol–water partition coefficient (Wildman–Crippen LogP) is 5.68. The van der Waals surface area contributed by atoms with Gasteiger partial charge in [-0.05, 0) is 35.9 Å². The molecule has 0 amide bonds. The van der Waals surface area contributed by atoms with Crippen LogP contribution in [0.3, 0.4) is 0 Å². The summed E-state index contributed by atoms with van der Waals surface area (Å²) in [6, 6.07) is 9.22. The zero-order chi connectivity index (χ0) is 14.7. The van der Waals surface area contributed by atoms with Gasteiger partial charge in [-0.2, -0.15) is 0 Å². The fourth-order valence-electron chi connectivity index (χ4n) is 1.58. The van der Waals surface area contributed by atoms with E-state index in [1.54, 1.807) is 30.3 Å². The second-order valence-corrected chi connectivity index (χ2v) is 5.25. The van der Waals surface area contributed by atoms with Crippen molar-refractivity contribution >= 4 is 46.7 Å². The van der Waals surface area contributed by atoms with Gasteiger partial charge < -0.3 is 0 Å². The van der Waals surface area contributed by atoms with Crippen molar-refractivity contribution in [2.45, 2.75) is 0 Å². The summed E-state index contributed by atoms with van der Waals surface area (Å²) in [4.78, 5) is 12.0. The molecule has 0 bridgehead atoms. The first-order valence-corrected chi connectivity index (χ1v) is 6.73. The molecule has 0 aromatic heterocycles. The predicted molar refractivity (Wildman–Crippen MR) is 81.2 cm³/mol. The average molecular weight is 330 g/mol. The van der Waals surface area contributed by atoms with Gasteiger partial charge in [-0.15, -0.1) is 0 Å². The number of carbonyl (C=O) groups excluding carboxylic acids is 1. The van der Waals surface area contributed by atoms with Crippen molar-refractivity contribution in [1.29, 1.82) is 0 Å². The Morgan fingerprint density at radius 1 is 1.05 bits per heavy atom. The molecule has 2 rings (SSSR count). The van der Waals surface area contributed by atoms with Crippen LogP contribution in [0.15, 0.2) is 42.5 Å². The second-order valence-electron chi connectivity index (χ2n) is 4.00. The molecule has 0 saturated heterocycles. The number of rotatable bonds is 3. The van der Waals surface area contributed by atoms with Crippen LogP contribution in [0, 0.1) is 5.82 Å².